The molecule has 0 spiro atoms. The van der Waals surface area contributed by atoms with Gasteiger partial charge in [0.2, 0.25) is 0 Å². The highest BCUT2D eigenvalue weighted by molar-refractivity contribution is 5.07. The predicted octanol–water partition coefficient (Wildman–Crippen LogP) is 1.35. The molecule has 1 atom stereocenters. The van der Waals surface area contributed by atoms with Crippen LogP contribution in [0.1, 0.15) is 29.7 Å². The highest BCUT2D eigenvalue weighted by Crippen LogP contribution is 2.03. The number of nitrogens with zero attached hydrogens (tertiary/aromatic N) is 4. The van der Waals surface area contributed by atoms with Gasteiger partial charge < -0.3 is 5.32 Å². The van der Waals surface area contributed by atoms with Crippen molar-refractivity contribution in [2.24, 2.45) is 0 Å². The molecule has 2 rings (SSSR count). The highest BCUT2D eigenvalue weighted by atomic mass is 16.1. The molecule has 0 unspecified atom stereocenters. The van der Waals surface area contributed by atoms with E-state index in [0.717, 1.165) is 30.2 Å². The van der Waals surface area contributed by atoms with Crippen LogP contribution in [-0.2, 0) is 13.1 Å². The third kappa shape index (κ3) is 4.04. The molecule has 6 nitrogen and oxygen atoms in total. The summed E-state index contributed by atoms with van der Waals surface area (Å²) in [4.78, 5) is 15.9. The first-order valence-corrected chi connectivity index (χ1v) is 7.66. The SMILES string of the molecule is Cc1cc(C)n(CCN[C@@H](C)Cn2nc(C)cc2C)c(=O)n1. The molecule has 0 aromatic carbocycles. The van der Waals surface area contributed by atoms with Crippen LogP contribution >= 0.6 is 0 Å². The molecule has 0 aliphatic carbocycles. The van der Waals surface area contributed by atoms with Crippen molar-refractivity contribution in [1.82, 2.24) is 24.6 Å². The molecule has 2 heterocycles. The lowest BCUT2D eigenvalue weighted by molar-refractivity contribution is 0.429. The summed E-state index contributed by atoms with van der Waals surface area (Å²) < 4.78 is 3.72. The lowest BCUT2D eigenvalue weighted by atomic mass is 10.3. The van der Waals surface area contributed by atoms with Crippen molar-refractivity contribution in [2.45, 2.75) is 53.8 Å². The van der Waals surface area contributed by atoms with Crippen molar-refractivity contribution in [1.29, 1.82) is 0 Å². The fraction of sp³-hybridized carbons (Fsp3) is 0.562. The first-order chi connectivity index (χ1) is 10.4. The van der Waals surface area contributed by atoms with E-state index in [9.17, 15) is 4.79 Å². The van der Waals surface area contributed by atoms with Gasteiger partial charge in [0.1, 0.15) is 0 Å². The molecule has 2 aromatic heterocycles. The first-order valence-electron chi connectivity index (χ1n) is 7.66. The van der Waals surface area contributed by atoms with Crippen LogP contribution in [0.25, 0.3) is 0 Å². The van der Waals surface area contributed by atoms with E-state index >= 15 is 0 Å². The zero-order valence-corrected chi connectivity index (χ0v) is 14.1. The molecule has 0 bridgehead atoms. The predicted molar refractivity (Wildman–Crippen MR) is 87.1 cm³/mol. The summed E-state index contributed by atoms with van der Waals surface area (Å²) in [6, 6.07) is 4.29. The van der Waals surface area contributed by atoms with Gasteiger partial charge in [-0.3, -0.25) is 9.25 Å². The number of hydrogen-bond acceptors (Lipinski definition) is 4. The Labute approximate surface area is 131 Å². The Morgan fingerprint density at radius 2 is 1.82 bits per heavy atom. The van der Waals surface area contributed by atoms with Gasteiger partial charge in [0.25, 0.3) is 0 Å². The van der Waals surface area contributed by atoms with E-state index in [-0.39, 0.29) is 11.7 Å². The van der Waals surface area contributed by atoms with Crippen molar-refractivity contribution in [2.75, 3.05) is 6.54 Å². The van der Waals surface area contributed by atoms with Gasteiger partial charge in [-0.1, -0.05) is 0 Å². The van der Waals surface area contributed by atoms with Gasteiger partial charge in [0.05, 0.1) is 12.2 Å². The van der Waals surface area contributed by atoms with E-state index in [2.05, 4.69) is 35.3 Å². The van der Waals surface area contributed by atoms with E-state index in [1.54, 1.807) is 4.57 Å². The van der Waals surface area contributed by atoms with Crippen LogP contribution in [0, 0.1) is 27.7 Å². The molecule has 6 heteroatoms. The zero-order valence-electron chi connectivity index (χ0n) is 14.1. The van der Waals surface area contributed by atoms with Crippen molar-refractivity contribution in [3.05, 3.63) is 45.4 Å². The summed E-state index contributed by atoms with van der Waals surface area (Å²) in [6.45, 7) is 12.1. The van der Waals surface area contributed by atoms with Crippen LogP contribution in [0.4, 0.5) is 0 Å². The van der Waals surface area contributed by atoms with Crippen LogP contribution in [0.5, 0.6) is 0 Å². The molecule has 0 aliphatic rings. The van der Waals surface area contributed by atoms with E-state index < -0.39 is 0 Å². The van der Waals surface area contributed by atoms with E-state index in [1.165, 1.54) is 5.69 Å². The van der Waals surface area contributed by atoms with Crippen LogP contribution in [0.15, 0.2) is 16.9 Å². The largest absolute Gasteiger partial charge is 0.347 e. The highest BCUT2D eigenvalue weighted by Gasteiger charge is 2.07. The average molecular weight is 303 g/mol. The maximum atomic E-state index is 11.9. The lowest BCUT2D eigenvalue weighted by Crippen LogP contribution is -2.36. The van der Waals surface area contributed by atoms with Crippen LogP contribution in [0.3, 0.4) is 0 Å². The maximum absolute atomic E-state index is 11.9. The van der Waals surface area contributed by atoms with Gasteiger partial charge in [0.15, 0.2) is 0 Å². The fourth-order valence-electron chi connectivity index (χ4n) is 2.65. The molecular formula is C16H25N5O. The maximum Gasteiger partial charge on any atom is 0.347 e. The summed E-state index contributed by atoms with van der Waals surface area (Å²) in [5.41, 5.74) is 3.75. The Morgan fingerprint density at radius 3 is 2.41 bits per heavy atom. The smallest absolute Gasteiger partial charge is 0.311 e. The molecule has 1 N–H and O–H groups in total. The molecule has 120 valence electrons. The van der Waals surface area contributed by atoms with Gasteiger partial charge in [-0.15, -0.1) is 0 Å². The van der Waals surface area contributed by atoms with Gasteiger partial charge in [0, 0.05) is 36.2 Å². The normalized spacial score (nSPS) is 12.6. The zero-order chi connectivity index (χ0) is 16.3. The minimum absolute atomic E-state index is 0.175. The van der Waals surface area contributed by atoms with Crippen LogP contribution < -0.4 is 11.0 Å². The van der Waals surface area contributed by atoms with E-state index in [1.807, 2.05) is 31.5 Å². The van der Waals surface area contributed by atoms with Crippen LogP contribution in [0.2, 0.25) is 0 Å². The van der Waals surface area contributed by atoms with Crippen molar-refractivity contribution in [3.8, 4) is 0 Å². The Morgan fingerprint density at radius 1 is 1.14 bits per heavy atom. The Kier molecular flexibility index (Phi) is 5.13. The molecule has 0 saturated heterocycles. The molecule has 22 heavy (non-hydrogen) atoms. The number of nitrogens with one attached hydrogen (secondary N) is 1. The Bertz CT molecular complexity index is 701. The summed E-state index contributed by atoms with van der Waals surface area (Å²) in [6.07, 6.45) is 0. The van der Waals surface area contributed by atoms with Crippen molar-refractivity contribution < 1.29 is 0 Å². The van der Waals surface area contributed by atoms with Gasteiger partial charge >= 0.3 is 5.69 Å². The Hall–Kier alpha value is -1.95. The van der Waals surface area contributed by atoms with Gasteiger partial charge in [-0.25, -0.2) is 4.79 Å². The topological polar surface area (TPSA) is 64.7 Å². The molecule has 0 aliphatic heterocycles. The number of aryl methyl sites for hydroxylation is 4. The van der Waals surface area contributed by atoms with Gasteiger partial charge in [-0.2, -0.15) is 10.1 Å². The van der Waals surface area contributed by atoms with Crippen molar-refractivity contribution in [3.63, 3.8) is 0 Å². The summed E-state index contributed by atoms with van der Waals surface area (Å²) in [5.74, 6) is 0. The molecule has 0 fully saturated rings. The van der Waals surface area contributed by atoms with Crippen LogP contribution in [-0.4, -0.2) is 31.9 Å². The minimum Gasteiger partial charge on any atom is -0.311 e. The third-order valence-electron chi connectivity index (χ3n) is 3.72. The monoisotopic (exact) mass is 303 g/mol. The minimum atomic E-state index is -0.175. The van der Waals surface area contributed by atoms with Gasteiger partial charge in [-0.05, 0) is 46.8 Å². The summed E-state index contributed by atoms with van der Waals surface area (Å²) in [7, 11) is 0. The molecule has 0 amide bonds. The fourth-order valence-corrected chi connectivity index (χ4v) is 2.65. The summed E-state index contributed by atoms with van der Waals surface area (Å²) >= 11 is 0. The molecular weight excluding hydrogens is 278 g/mol. The molecule has 2 aromatic rings. The second kappa shape index (κ2) is 6.87. The summed E-state index contributed by atoms with van der Waals surface area (Å²) in [5, 5.41) is 7.90. The van der Waals surface area contributed by atoms with E-state index in [4.69, 9.17) is 0 Å². The Balaban J connectivity index is 1.89. The standard InChI is InChI=1S/C16H25N5O/c1-11-8-14(4)20(16(22)18-11)7-6-17-13(3)10-21-15(5)9-12(2)19-21/h8-9,13,17H,6-7,10H2,1-5H3/t13-/m0/s1. The third-order valence-corrected chi connectivity index (χ3v) is 3.72. The first kappa shape index (κ1) is 16.4. The average Bonchev–Trinajstić information content (AvgIpc) is 2.71. The number of aromatic nitrogens is 4. The molecule has 0 saturated carbocycles. The van der Waals surface area contributed by atoms with Crippen molar-refractivity contribution >= 4 is 0 Å². The second-order valence-corrected chi connectivity index (χ2v) is 5.94. The lowest BCUT2D eigenvalue weighted by Gasteiger charge is -2.16. The quantitative estimate of drug-likeness (QED) is 0.875. The number of hydrogen-bond donors (Lipinski definition) is 1. The van der Waals surface area contributed by atoms with E-state index in [0.29, 0.717) is 6.54 Å². The molecule has 0 radical (unpaired) electrons. The second-order valence-electron chi connectivity index (χ2n) is 5.94. The number of rotatable bonds is 6.